The predicted octanol–water partition coefficient (Wildman–Crippen LogP) is -0.163. The molecule has 0 unspecified atom stereocenters. The van der Waals surface area contributed by atoms with Gasteiger partial charge < -0.3 is 9.88 Å². The van der Waals surface area contributed by atoms with Gasteiger partial charge in [0.25, 0.3) is 0 Å². The molecular weight excluding hydrogens is 209 g/mol. The van der Waals surface area contributed by atoms with Crippen LogP contribution < -0.4 is 16.2 Å². The third-order valence-corrected chi connectivity index (χ3v) is 3.59. The van der Waals surface area contributed by atoms with E-state index < -0.39 is 6.48 Å². The molecule has 86 valence electrons. The molecule has 17 heavy (non-hydrogen) atoms. The Morgan fingerprint density at radius 1 is 0.824 bits per heavy atom. The minimum atomic E-state index is -1.09. The van der Waals surface area contributed by atoms with Crippen molar-refractivity contribution in [3.8, 4) is 0 Å². The first kappa shape index (κ1) is 10.6. The third kappa shape index (κ3) is 1.77. The molecule has 1 saturated heterocycles. The first-order chi connectivity index (χ1) is 8.42. The molecule has 0 aliphatic carbocycles. The zero-order chi connectivity index (χ0) is 11.6. The monoisotopic (exact) mass is 225 g/mol. The van der Waals surface area contributed by atoms with E-state index in [4.69, 9.17) is 4.65 Å². The van der Waals surface area contributed by atoms with Gasteiger partial charge in [0, 0.05) is 0 Å². The lowest BCUT2D eigenvalue weighted by atomic mass is 9.42. The number of rotatable bonds is 2. The lowest BCUT2D eigenvalue weighted by Crippen LogP contribution is -3.04. The zero-order valence-corrected chi connectivity index (χ0v) is 9.75. The predicted molar refractivity (Wildman–Crippen MR) is 70.7 cm³/mol. The molecule has 1 fully saturated rings. The van der Waals surface area contributed by atoms with E-state index in [1.807, 2.05) is 12.1 Å². The topological polar surface area (TPSA) is 25.8 Å². The van der Waals surface area contributed by atoms with Crippen LogP contribution in [0, 0.1) is 0 Å². The Morgan fingerprint density at radius 3 is 1.76 bits per heavy atom. The van der Waals surface area contributed by atoms with Crippen molar-refractivity contribution >= 4 is 17.4 Å². The van der Waals surface area contributed by atoms with E-state index >= 15 is 0 Å². The average Bonchev–Trinajstić information content (AvgIpc) is 2.91. The molecule has 0 saturated carbocycles. The van der Waals surface area contributed by atoms with Crippen molar-refractivity contribution in [3.05, 3.63) is 60.7 Å². The molecule has 1 heterocycles. The molecule has 0 bridgehead atoms. The van der Waals surface area contributed by atoms with Gasteiger partial charge in [-0.25, -0.2) is 0 Å². The number of hydrogen-bond donors (Lipinski definition) is 1. The van der Waals surface area contributed by atoms with Crippen molar-refractivity contribution < 1.29 is 9.88 Å². The van der Waals surface area contributed by atoms with E-state index in [0.717, 1.165) is 13.2 Å². The summed E-state index contributed by atoms with van der Waals surface area (Å²) < 4.78 is 6.12. The molecule has 2 aromatic carbocycles. The highest BCUT2D eigenvalue weighted by molar-refractivity contribution is 6.90. The Labute approximate surface area is 102 Å². The van der Waals surface area contributed by atoms with Gasteiger partial charge in [-0.1, -0.05) is 60.7 Å². The minimum absolute atomic E-state index is 0.823. The van der Waals surface area contributed by atoms with Gasteiger partial charge in [0.15, 0.2) is 0 Å². The maximum atomic E-state index is 6.12. The maximum absolute atomic E-state index is 6.12. The van der Waals surface area contributed by atoms with Crippen LogP contribution in [0.2, 0.25) is 0 Å². The van der Waals surface area contributed by atoms with E-state index in [2.05, 4.69) is 53.8 Å². The molecule has 0 aromatic heterocycles. The second-order valence-corrected chi connectivity index (χ2v) is 4.57. The lowest BCUT2D eigenvalue weighted by Gasteiger charge is -2.31. The van der Waals surface area contributed by atoms with Crippen LogP contribution in [0.25, 0.3) is 0 Å². The van der Waals surface area contributed by atoms with E-state index in [1.54, 1.807) is 0 Å². The van der Waals surface area contributed by atoms with Gasteiger partial charge in [-0.05, 0) is 0 Å². The molecule has 2 nitrogen and oxygen atoms in total. The second kappa shape index (κ2) is 4.36. The Kier molecular flexibility index (Phi) is 2.71. The average molecular weight is 225 g/mol. The summed E-state index contributed by atoms with van der Waals surface area (Å²) in [6, 6.07) is 21.1. The summed E-state index contributed by atoms with van der Waals surface area (Å²) in [6.07, 6.45) is 0. The fraction of sp³-hybridized carbons (Fsp3) is 0.143. The quantitative estimate of drug-likeness (QED) is 0.706. The van der Waals surface area contributed by atoms with Crippen LogP contribution in [-0.4, -0.2) is 19.6 Å². The Morgan fingerprint density at radius 2 is 1.35 bits per heavy atom. The van der Waals surface area contributed by atoms with Crippen LogP contribution in [0.5, 0.6) is 0 Å². The Hall–Kier alpha value is -1.58. The van der Waals surface area contributed by atoms with Gasteiger partial charge in [-0.2, -0.15) is 0 Å². The van der Waals surface area contributed by atoms with Gasteiger partial charge in [0.1, 0.15) is 0 Å². The van der Waals surface area contributed by atoms with Crippen LogP contribution in [0.4, 0.5) is 0 Å². The van der Waals surface area contributed by atoms with Crippen molar-refractivity contribution in [2.75, 3.05) is 13.2 Å². The second-order valence-electron chi connectivity index (χ2n) is 4.57. The normalized spacial score (nSPS) is 18.1. The summed E-state index contributed by atoms with van der Waals surface area (Å²) in [5.41, 5.74) is 2.55. The number of benzene rings is 2. The molecule has 1 aliphatic heterocycles. The highest BCUT2D eigenvalue weighted by atomic mass is 16.5. The van der Waals surface area contributed by atoms with Gasteiger partial charge in [-0.15, -0.1) is 10.9 Å². The fourth-order valence-corrected chi connectivity index (χ4v) is 2.76. The molecule has 3 heteroatoms. The van der Waals surface area contributed by atoms with Crippen molar-refractivity contribution in [2.45, 2.75) is 0 Å². The first-order valence-corrected chi connectivity index (χ1v) is 6.16. The van der Waals surface area contributed by atoms with E-state index in [9.17, 15) is 0 Å². The lowest BCUT2D eigenvalue weighted by molar-refractivity contribution is -0.514. The largest absolute Gasteiger partial charge is 0.528 e. The van der Waals surface area contributed by atoms with E-state index in [-0.39, 0.29) is 0 Å². The van der Waals surface area contributed by atoms with Crippen LogP contribution in [0.3, 0.4) is 0 Å². The summed E-state index contributed by atoms with van der Waals surface area (Å²) in [6.45, 7) is 0.761. The van der Waals surface area contributed by atoms with Crippen molar-refractivity contribution in [1.82, 2.24) is 0 Å². The fourth-order valence-electron chi connectivity index (χ4n) is 2.76. The number of hydrogen-bond acceptors (Lipinski definition) is 1. The molecule has 2 aromatic rings. The zero-order valence-electron chi connectivity index (χ0n) is 9.75. The van der Waals surface area contributed by atoms with Crippen LogP contribution >= 0.6 is 0 Å². The molecule has 1 aliphatic rings. The molecule has 0 atom stereocenters. The minimum Gasteiger partial charge on any atom is -0.528 e. The highest BCUT2D eigenvalue weighted by Gasteiger charge is 2.39. The molecule has 2 N–H and O–H groups in total. The molecule has 0 amide bonds. The van der Waals surface area contributed by atoms with Gasteiger partial charge in [-0.3, -0.25) is 0 Å². The van der Waals surface area contributed by atoms with Gasteiger partial charge in [0.05, 0.1) is 13.2 Å². The maximum Gasteiger partial charge on any atom is 0.388 e. The molecule has 0 radical (unpaired) electrons. The molecule has 0 spiro atoms. The van der Waals surface area contributed by atoms with E-state index in [0.29, 0.717) is 0 Å². The van der Waals surface area contributed by atoms with Crippen LogP contribution in [0.1, 0.15) is 0 Å². The molecule has 3 rings (SSSR count). The SMILES string of the molecule is c1ccc([B-]2(c3ccccc3)[NH2+]CCO2)cc1. The van der Waals surface area contributed by atoms with Crippen molar-refractivity contribution in [1.29, 1.82) is 0 Å². The van der Waals surface area contributed by atoms with Crippen LogP contribution in [-0.2, 0) is 4.65 Å². The summed E-state index contributed by atoms with van der Waals surface area (Å²) in [5, 5.41) is 2.34. The number of nitrogens with two attached hydrogens (primary N) is 1. The Balaban J connectivity index is 2.11. The summed E-state index contributed by atoms with van der Waals surface area (Å²) in [4.78, 5) is 0. The standard InChI is InChI=1S/C14H16BNO/c1-3-7-13(8-4-1)15(16-11-12-17-15)14-9-5-2-6-10-14/h1-10H,11-12,16H2. The molecular formula is C14H16BNO. The Bertz CT molecular complexity index is 439. The first-order valence-electron chi connectivity index (χ1n) is 6.16. The van der Waals surface area contributed by atoms with Gasteiger partial charge in [0.2, 0.25) is 0 Å². The van der Waals surface area contributed by atoms with Crippen molar-refractivity contribution in [3.63, 3.8) is 0 Å². The third-order valence-electron chi connectivity index (χ3n) is 3.59. The van der Waals surface area contributed by atoms with Gasteiger partial charge >= 0.3 is 6.48 Å². The van der Waals surface area contributed by atoms with E-state index in [1.165, 1.54) is 10.9 Å². The summed E-state index contributed by atoms with van der Waals surface area (Å²) >= 11 is 0. The number of quaternary nitrogens is 1. The smallest absolute Gasteiger partial charge is 0.388 e. The van der Waals surface area contributed by atoms with Crippen LogP contribution in [0.15, 0.2) is 60.7 Å². The summed E-state index contributed by atoms with van der Waals surface area (Å²) in [7, 11) is 0. The van der Waals surface area contributed by atoms with Crippen molar-refractivity contribution in [2.24, 2.45) is 0 Å². The summed E-state index contributed by atoms with van der Waals surface area (Å²) in [5.74, 6) is 0. The highest BCUT2D eigenvalue weighted by Crippen LogP contribution is 2.02.